The molecule has 1 fully saturated rings. The van der Waals surface area contributed by atoms with Crippen molar-refractivity contribution in [2.75, 3.05) is 5.32 Å². The molecule has 0 amide bonds. The molecular formula is C13H16N2. The molecule has 15 heavy (non-hydrogen) atoms. The molecule has 0 bridgehead atoms. The van der Waals surface area contributed by atoms with Crippen LogP contribution < -0.4 is 5.32 Å². The number of nitrogens with one attached hydrogen (secondary N) is 1. The van der Waals surface area contributed by atoms with Crippen molar-refractivity contribution in [2.45, 2.75) is 32.2 Å². The lowest BCUT2D eigenvalue weighted by Crippen LogP contribution is -2.21. The van der Waals surface area contributed by atoms with Gasteiger partial charge >= 0.3 is 0 Å². The van der Waals surface area contributed by atoms with Crippen LogP contribution in [-0.4, -0.2) is 6.04 Å². The number of nitriles is 1. The molecule has 1 aliphatic rings. The molecule has 1 aromatic carbocycles. The Morgan fingerprint density at radius 2 is 2.27 bits per heavy atom. The molecule has 1 N–H and O–H groups in total. The first-order valence-electron chi connectivity index (χ1n) is 5.56. The number of anilines is 1. The molecule has 1 aromatic rings. The summed E-state index contributed by atoms with van der Waals surface area (Å²) in [6.07, 6.45) is 3.88. The molecule has 0 aromatic heterocycles. The van der Waals surface area contributed by atoms with Crippen molar-refractivity contribution in [2.24, 2.45) is 5.92 Å². The van der Waals surface area contributed by atoms with Crippen molar-refractivity contribution in [3.8, 4) is 6.07 Å². The molecular weight excluding hydrogens is 184 g/mol. The molecule has 0 aliphatic heterocycles. The van der Waals surface area contributed by atoms with Gasteiger partial charge in [-0.2, -0.15) is 5.26 Å². The lowest BCUT2D eigenvalue weighted by molar-refractivity contribution is 0.556. The minimum Gasteiger partial charge on any atom is -0.382 e. The number of rotatable bonds is 2. The maximum absolute atomic E-state index is 8.80. The Kier molecular flexibility index (Phi) is 2.91. The van der Waals surface area contributed by atoms with E-state index in [9.17, 15) is 0 Å². The second-order valence-electron chi connectivity index (χ2n) is 4.35. The van der Waals surface area contributed by atoms with Crippen LogP contribution in [-0.2, 0) is 0 Å². The van der Waals surface area contributed by atoms with Gasteiger partial charge in [0, 0.05) is 11.7 Å². The molecule has 0 heterocycles. The zero-order valence-electron chi connectivity index (χ0n) is 9.03. The Bertz CT molecular complexity index is 378. The second-order valence-corrected chi connectivity index (χ2v) is 4.35. The molecule has 0 spiro atoms. The molecule has 2 nitrogen and oxygen atoms in total. The first-order chi connectivity index (χ1) is 7.29. The first kappa shape index (κ1) is 10.0. The van der Waals surface area contributed by atoms with Gasteiger partial charge in [-0.1, -0.05) is 19.4 Å². The van der Waals surface area contributed by atoms with E-state index < -0.39 is 0 Å². The highest BCUT2D eigenvalue weighted by molar-refractivity contribution is 5.49. The van der Waals surface area contributed by atoms with Crippen molar-refractivity contribution in [3.05, 3.63) is 29.8 Å². The average molecular weight is 200 g/mol. The summed E-state index contributed by atoms with van der Waals surface area (Å²) in [4.78, 5) is 0. The molecule has 2 atom stereocenters. The van der Waals surface area contributed by atoms with Gasteiger partial charge < -0.3 is 5.32 Å². The standard InChI is InChI=1S/C13H16N2/c1-10-4-2-7-13(10)15-12-6-3-5-11(8-12)9-14/h3,5-6,8,10,13,15H,2,4,7H2,1H3/t10-,13-/m0/s1. The summed E-state index contributed by atoms with van der Waals surface area (Å²) in [6.45, 7) is 2.29. The van der Waals surface area contributed by atoms with E-state index in [1.165, 1.54) is 19.3 Å². The number of hydrogen-bond acceptors (Lipinski definition) is 2. The first-order valence-corrected chi connectivity index (χ1v) is 5.56. The lowest BCUT2D eigenvalue weighted by atomic mass is 10.1. The Morgan fingerprint density at radius 1 is 1.40 bits per heavy atom. The van der Waals surface area contributed by atoms with Crippen molar-refractivity contribution < 1.29 is 0 Å². The Hall–Kier alpha value is -1.49. The molecule has 0 unspecified atom stereocenters. The highest BCUT2D eigenvalue weighted by Crippen LogP contribution is 2.28. The quantitative estimate of drug-likeness (QED) is 0.796. The maximum atomic E-state index is 8.80. The van der Waals surface area contributed by atoms with Gasteiger partial charge in [0.2, 0.25) is 0 Å². The van der Waals surface area contributed by atoms with E-state index in [0.29, 0.717) is 6.04 Å². The summed E-state index contributed by atoms with van der Waals surface area (Å²) in [7, 11) is 0. The van der Waals surface area contributed by atoms with Crippen molar-refractivity contribution >= 4 is 5.69 Å². The van der Waals surface area contributed by atoms with Crippen LogP contribution in [0.15, 0.2) is 24.3 Å². The summed E-state index contributed by atoms with van der Waals surface area (Å²) < 4.78 is 0. The van der Waals surface area contributed by atoms with Crippen molar-refractivity contribution in [1.29, 1.82) is 5.26 Å². The normalized spacial score (nSPS) is 24.8. The minimum atomic E-state index is 0.582. The zero-order chi connectivity index (χ0) is 10.7. The predicted octanol–water partition coefficient (Wildman–Crippen LogP) is 3.16. The highest BCUT2D eigenvalue weighted by Gasteiger charge is 2.22. The van der Waals surface area contributed by atoms with Crippen LogP contribution in [0.1, 0.15) is 31.7 Å². The number of benzene rings is 1. The van der Waals surface area contributed by atoms with Gasteiger partial charge in [0.15, 0.2) is 0 Å². The van der Waals surface area contributed by atoms with Crippen LogP contribution in [0.5, 0.6) is 0 Å². The van der Waals surface area contributed by atoms with E-state index in [2.05, 4.69) is 18.3 Å². The van der Waals surface area contributed by atoms with Gasteiger partial charge in [0.25, 0.3) is 0 Å². The number of hydrogen-bond donors (Lipinski definition) is 1. The van der Waals surface area contributed by atoms with Crippen molar-refractivity contribution in [1.82, 2.24) is 0 Å². The summed E-state index contributed by atoms with van der Waals surface area (Å²) in [5, 5.41) is 12.3. The van der Waals surface area contributed by atoms with Gasteiger partial charge in [-0.25, -0.2) is 0 Å². The van der Waals surface area contributed by atoms with Crippen LogP contribution >= 0.6 is 0 Å². The van der Waals surface area contributed by atoms with Crippen molar-refractivity contribution in [3.63, 3.8) is 0 Å². The molecule has 0 radical (unpaired) electrons. The Morgan fingerprint density at radius 3 is 2.93 bits per heavy atom. The third kappa shape index (κ3) is 2.30. The lowest BCUT2D eigenvalue weighted by Gasteiger charge is -2.18. The van der Waals surface area contributed by atoms with E-state index in [0.717, 1.165) is 17.2 Å². The van der Waals surface area contributed by atoms with Gasteiger partial charge in [-0.3, -0.25) is 0 Å². The zero-order valence-corrected chi connectivity index (χ0v) is 9.03. The predicted molar refractivity (Wildman–Crippen MR) is 61.6 cm³/mol. The van der Waals surface area contributed by atoms with Gasteiger partial charge in [-0.15, -0.1) is 0 Å². The van der Waals surface area contributed by atoms with Crippen LogP contribution in [0.4, 0.5) is 5.69 Å². The molecule has 2 rings (SSSR count). The average Bonchev–Trinajstić information content (AvgIpc) is 2.65. The molecule has 78 valence electrons. The molecule has 2 heteroatoms. The fraction of sp³-hybridized carbons (Fsp3) is 0.462. The fourth-order valence-corrected chi connectivity index (χ4v) is 2.25. The number of nitrogens with zero attached hydrogens (tertiary/aromatic N) is 1. The smallest absolute Gasteiger partial charge is 0.0992 e. The second kappa shape index (κ2) is 4.35. The monoisotopic (exact) mass is 200 g/mol. The Labute approximate surface area is 90.9 Å². The van der Waals surface area contributed by atoms with E-state index in [1.807, 2.05) is 24.3 Å². The van der Waals surface area contributed by atoms with Gasteiger partial charge in [0.05, 0.1) is 11.6 Å². The minimum absolute atomic E-state index is 0.582. The maximum Gasteiger partial charge on any atom is 0.0992 e. The van der Waals surface area contributed by atoms with E-state index in [1.54, 1.807) is 0 Å². The van der Waals surface area contributed by atoms with Crippen LogP contribution in [0.2, 0.25) is 0 Å². The van der Waals surface area contributed by atoms with Crippen LogP contribution in [0.3, 0.4) is 0 Å². The molecule has 0 saturated heterocycles. The topological polar surface area (TPSA) is 35.8 Å². The van der Waals surface area contributed by atoms with Crippen LogP contribution in [0, 0.1) is 17.2 Å². The third-order valence-electron chi connectivity index (χ3n) is 3.21. The fourth-order valence-electron chi connectivity index (χ4n) is 2.25. The summed E-state index contributed by atoms with van der Waals surface area (Å²) >= 11 is 0. The van der Waals surface area contributed by atoms with Gasteiger partial charge in [-0.05, 0) is 37.0 Å². The van der Waals surface area contributed by atoms with E-state index in [-0.39, 0.29) is 0 Å². The largest absolute Gasteiger partial charge is 0.382 e. The SMILES string of the molecule is C[C@H]1CCC[C@@H]1Nc1cccc(C#N)c1. The summed E-state index contributed by atoms with van der Waals surface area (Å²) in [5.41, 5.74) is 1.80. The molecule has 1 aliphatic carbocycles. The third-order valence-corrected chi connectivity index (χ3v) is 3.21. The Balaban J connectivity index is 2.07. The summed E-state index contributed by atoms with van der Waals surface area (Å²) in [6, 6.07) is 10.5. The summed E-state index contributed by atoms with van der Waals surface area (Å²) in [5.74, 6) is 0.746. The van der Waals surface area contributed by atoms with Crippen LogP contribution in [0.25, 0.3) is 0 Å². The van der Waals surface area contributed by atoms with E-state index in [4.69, 9.17) is 5.26 Å². The highest BCUT2D eigenvalue weighted by atomic mass is 14.9. The van der Waals surface area contributed by atoms with E-state index >= 15 is 0 Å². The molecule has 1 saturated carbocycles. The van der Waals surface area contributed by atoms with Gasteiger partial charge in [0.1, 0.15) is 0 Å².